The maximum atomic E-state index is 11.9. The van der Waals surface area contributed by atoms with Crippen LogP contribution in [0.15, 0.2) is 57.8 Å². The fourth-order valence-electron chi connectivity index (χ4n) is 1.95. The molecule has 0 radical (unpaired) electrons. The van der Waals surface area contributed by atoms with Crippen molar-refractivity contribution in [2.75, 3.05) is 0 Å². The largest absolute Gasteiger partial charge is 0.508 e. The molecule has 84 valence electrons. The minimum Gasteiger partial charge on any atom is -0.508 e. The zero-order chi connectivity index (χ0) is 11.8. The van der Waals surface area contributed by atoms with E-state index in [0.29, 0.717) is 16.7 Å². The van der Waals surface area contributed by atoms with Crippen molar-refractivity contribution in [2.24, 2.45) is 0 Å². The molecule has 0 aliphatic heterocycles. The van der Waals surface area contributed by atoms with Crippen molar-refractivity contribution in [3.63, 3.8) is 0 Å². The maximum Gasteiger partial charge on any atom is 0.193 e. The number of benzene rings is 1. The topological polar surface area (TPSA) is 50.4 Å². The second-order valence-electron chi connectivity index (χ2n) is 3.99. The van der Waals surface area contributed by atoms with Crippen LogP contribution >= 0.6 is 0 Å². The molecule has 1 aliphatic carbocycles. The van der Waals surface area contributed by atoms with E-state index in [1.807, 2.05) is 24.3 Å². The lowest BCUT2D eigenvalue weighted by atomic mass is 10.1. The van der Waals surface area contributed by atoms with Crippen LogP contribution < -0.4 is 5.43 Å². The Kier molecular flexibility index (Phi) is 2.11. The van der Waals surface area contributed by atoms with Crippen LogP contribution in [0.5, 0.6) is 5.75 Å². The van der Waals surface area contributed by atoms with Gasteiger partial charge < -0.3 is 9.52 Å². The predicted octanol–water partition coefficient (Wildman–Crippen LogP) is 2.71. The number of aromatic hydroxyl groups is 1. The van der Waals surface area contributed by atoms with E-state index in [0.717, 1.165) is 0 Å². The van der Waals surface area contributed by atoms with Gasteiger partial charge in [0, 0.05) is 6.07 Å². The van der Waals surface area contributed by atoms with Crippen LogP contribution in [-0.4, -0.2) is 5.11 Å². The van der Waals surface area contributed by atoms with Crippen LogP contribution in [0.2, 0.25) is 0 Å². The molecule has 3 rings (SSSR count). The number of hydrogen-bond donors (Lipinski definition) is 1. The van der Waals surface area contributed by atoms with Crippen molar-refractivity contribution in [1.82, 2.24) is 0 Å². The monoisotopic (exact) mass is 226 g/mol. The van der Waals surface area contributed by atoms with Gasteiger partial charge in [-0.15, -0.1) is 0 Å². The Hall–Kier alpha value is -2.29. The van der Waals surface area contributed by atoms with Crippen molar-refractivity contribution >= 4 is 11.0 Å². The van der Waals surface area contributed by atoms with Crippen LogP contribution in [0, 0.1) is 0 Å². The van der Waals surface area contributed by atoms with E-state index in [1.54, 1.807) is 6.07 Å². The van der Waals surface area contributed by atoms with Gasteiger partial charge in [-0.25, -0.2) is 0 Å². The number of fused-ring (bicyclic) bond motifs is 1. The predicted molar refractivity (Wildman–Crippen MR) is 65.2 cm³/mol. The van der Waals surface area contributed by atoms with Crippen molar-refractivity contribution in [3.8, 4) is 5.75 Å². The van der Waals surface area contributed by atoms with Crippen LogP contribution in [0.1, 0.15) is 11.7 Å². The highest BCUT2D eigenvalue weighted by molar-refractivity contribution is 5.78. The lowest BCUT2D eigenvalue weighted by Crippen LogP contribution is -2.03. The van der Waals surface area contributed by atoms with Crippen LogP contribution in [0.4, 0.5) is 0 Å². The smallest absolute Gasteiger partial charge is 0.193 e. The van der Waals surface area contributed by atoms with Crippen molar-refractivity contribution in [1.29, 1.82) is 0 Å². The SMILES string of the molecule is O=c1cc(C2C=CC=C2)oc2ccc(O)cc12. The van der Waals surface area contributed by atoms with E-state index < -0.39 is 0 Å². The van der Waals surface area contributed by atoms with Crippen LogP contribution in [-0.2, 0) is 0 Å². The Morgan fingerprint density at radius 1 is 1.12 bits per heavy atom. The summed E-state index contributed by atoms with van der Waals surface area (Å²) in [5, 5.41) is 9.74. The number of phenols is 1. The van der Waals surface area contributed by atoms with E-state index in [2.05, 4.69) is 0 Å². The fraction of sp³-hybridized carbons (Fsp3) is 0.0714. The highest BCUT2D eigenvalue weighted by atomic mass is 16.3. The third-order valence-corrected chi connectivity index (χ3v) is 2.81. The van der Waals surface area contributed by atoms with Gasteiger partial charge in [-0.1, -0.05) is 24.3 Å². The van der Waals surface area contributed by atoms with Gasteiger partial charge >= 0.3 is 0 Å². The maximum absolute atomic E-state index is 11.9. The van der Waals surface area contributed by atoms with E-state index in [-0.39, 0.29) is 17.1 Å². The van der Waals surface area contributed by atoms with Gasteiger partial charge in [-0.3, -0.25) is 4.79 Å². The first kappa shape index (κ1) is 9.90. The molecule has 0 saturated heterocycles. The molecule has 3 nitrogen and oxygen atoms in total. The third-order valence-electron chi connectivity index (χ3n) is 2.81. The number of rotatable bonds is 1. The number of allylic oxidation sites excluding steroid dienone is 4. The van der Waals surface area contributed by atoms with Gasteiger partial charge in [0.2, 0.25) is 0 Å². The van der Waals surface area contributed by atoms with Gasteiger partial charge in [0.1, 0.15) is 17.1 Å². The van der Waals surface area contributed by atoms with Gasteiger partial charge in [0.25, 0.3) is 0 Å². The van der Waals surface area contributed by atoms with Gasteiger partial charge in [-0.05, 0) is 18.2 Å². The molecule has 1 heterocycles. The normalized spacial score (nSPS) is 14.8. The first-order valence-electron chi connectivity index (χ1n) is 5.36. The molecule has 0 spiro atoms. The summed E-state index contributed by atoms with van der Waals surface area (Å²) in [6, 6.07) is 6.02. The minimum atomic E-state index is -0.133. The molecule has 0 saturated carbocycles. The summed E-state index contributed by atoms with van der Waals surface area (Å²) in [5.41, 5.74) is 0.366. The van der Waals surface area contributed by atoms with Crippen LogP contribution in [0.3, 0.4) is 0 Å². The van der Waals surface area contributed by atoms with Crippen molar-refractivity contribution in [2.45, 2.75) is 5.92 Å². The summed E-state index contributed by atoms with van der Waals surface area (Å²) in [4.78, 5) is 11.9. The summed E-state index contributed by atoms with van der Waals surface area (Å²) < 4.78 is 5.67. The molecule has 1 aromatic carbocycles. The molecule has 3 heteroatoms. The van der Waals surface area contributed by atoms with E-state index >= 15 is 0 Å². The fourth-order valence-corrected chi connectivity index (χ4v) is 1.95. The van der Waals surface area contributed by atoms with Crippen molar-refractivity contribution < 1.29 is 9.52 Å². The second-order valence-corrected chi connectivity index (χ2v) is 3.99. The highest BCUT2D eigenvalue weighted by Gasteiger charge is 2.12. The van der Waals surface area contributed by atoms with E-state index in [1.165, 1.54) is 18.2 Å². The quantitative estimate of drug-likeness (QED) is 0.813. The summed E-state index contributed by atoms with van der Waals surface area (Å²) >= 11 is 0. The lowest BCUT2D eigenvalue weighted by Gasteiger charge is -2.06. The first-order chi connectivity index (χ1) is 8.24. The molecular formula is C14H10O3. The van der Waals surface area contributed by atoms with Crippen molar-refractivity contribution in [3.05, 3.63) is 64.6 Å². The minimum absolute atomic E-state index is 0.0286. The first-order valence-corrected chi connectivity index (χ1v) is 5.36. The molecule has 17 heavy (non-hydrogen) atoms. The summed E-state index contributed by atoms with van der Waals surface area (Å²) in [6.45, 7) is 0. The van der Waals surface area contributed by atoms with Gasteiger partial charge in [0.05, 0.1) is 11.3 Å². The lowest BCUT2D eigenvalue weighted by molar-refractivity contribution is 0.474. The summed E-state index contributed by atoms with van der Waals surface area (Å²) in [6.07, 6.45) is 7.77. The molecule has 2 aromatic rings. The molecule has 0 unspecified atom stereocenters. The second kappa shape index (κ2) is 3.63. The van der Waals surface area contributed by atoms with E-state index in [4.69, 9.17) is 4.42 Å². The average molecular weight is 226 g/mol. The molecule has 0 bridgehead atoms. The average Bonchev–Trinajstić information content (AvgIpc) is 2.83. The zero-order valence-electron chi connectivity index (χ0n) is 8.96. The standard InChI is InChI=1S/C14H10O3/c15-10-5-6-13-11(7-10)12(16)8-14(17-13)9-3-1-2-4-9/h1-9,15H. The Morgan fingerprint density at radius 3 is 2.65 bits per heavy atom. The zero-order valence-corrected chi connectivity index (χ0v) is 8.96. The Balaban J connectivity index is 2.24. The molecular weight excluding hydrogens is 216 g/mol. The molecule has 0 fully saturated rings. The Bertz CT molecular complexity index is 680. The Morgan fingerprint density at radius 2 is 1.88 bits per heavy atom. The van der Waals surface area contributed by atoms with Gasteiger partial charge in [-0.2, -0.15) is 0 Å². The number of hydrogen-bond acceptors (Lipinski definition) is 3. The molecule has 1 aliphatic rings. The molecule has 1 N–H and O–H groups in total. The number of phenolic OH excluding ortho intramolecular Hbond substituents is 1. The summed E-state index contributed by atoms with van der Waals surface area (Å²) in [5.74, 6) is 0.720. The Labute approximate surface area is 97.3 Å². The van der Waals surface area contributed by atoms with Crippen LogP contribution in [0.25, 0.3) is 11.0 Å². The van der Waals surface area contributed by atoms with E-state index in [9.17, 15) is 9.90 Å². The summed E-state index contributed by atoms with van der Waals surface area (Å²) in [7, 11) is 0. The third kappa shape index (κ3) is 1.65. The molecule has 0 amide bonds. The highest BCUT2D eigenvalue weighted by Crippen LogP contribution is 2.25. The van der Waals surface area contributed by atoms with Gasteiger partial charge in [0.15, 0.2) is 5.43 Å². The molecule has 1 aromatic heterocycles. The molecule has 0 atom stereocenters.